The molecule has 1 saturated heterocycles. The maximum atomic E-state index is 12.4. The number of hydrogen-bond acceptors (Lipinski definition) is 7. The Morgan fingerprint density at radius 1 is 1.25 bits per heavy atom. The fourth-order valence-electron chi connectivity index (χ4n) is 3.12. The normalized spacial score (nSPS) is 15.0. The summed E-state index contributed by atoms with van der Waals surface area (Å²) in [5.74, 6) is 1.96. The highest BCUT2D eigenvalue weighted by Gasteiger charge is 2.23. The van der Waals surface area contributed by atoms with Crippen LogP contribution >= 0.6 is 11.3 Å². The van der Waals surface area contributed by atoms with Crippen LogP contribution in [0.5, 0.6) is 5.75 Å². The number of amides is 1. The van der Waals surface area contributed by atoms with Gasteiger partial charge in [0, 0.05) is 37.1 Å². The summed E-state index contributed by atoms with van der Waals surface area (Å²) >= 11 is 1.61. The lowest BCUT2D eigenvalue weighted by atomic mass is 10.2. The van der Waals surface area contributed by atoms with Gasteiger partial charge in [-0.15, -0.1) is 0 Å². The van der Waals surface area contributed by atoms with Crippen LogP contribution in [0.25, 0.3) is 11.4 Å². The second kappa shape index (κ2) is 8.53. The van der Waals surface area contributed by atoms with Crippen molar-refractivity contribution >= 4 is 17.2 Å². The fourth-order valence-corrected chi connectivity index (χ4v) is 3.75. The van der Waals surface area contributed by atoms with Crippen LogP contribution in [0.4, 0.5) is 0 Å². The molecule has 1 aromatic carbocycles. The van der Waals surface area contributed by atoms with E-state index in [4.69, 9.17) is 9.26 Å². The van der Waals surface area contributed by atoms with Crippen molar-refractivity contribution in [1.82, 2.24) is 19.9 Å². The molecule has 0 unspecified atom stereocenters. The first kappa shape index (κ1) is 18.6. The molecule has 0 N–H and O–H groups in total. The second-order valence-corrected chi connectivity index (χ2v) is 7.57. The van der Waals surface area contributed by atoms with Crippen LogP contribution in [0.1, 0.15) is 11.5 Å². The Labute approximate surface area is 167 Å². The van der Waals surface area contributed by atoms with E-state index in [-0.39, 0.29) is 12.5 Å². The molecule has 3 aromatic rings. The molecular formula is C20H22N4O3S. The maximum absolute atomic E-state index is 12.4. The van der Waals surface area contributed by atoms with E-state index in [1.54, 1.807) is 11.3 Å². The van der Waals surface area contributed by atoms with Crippen molar-refractivity contribution in [1.29, 1.82) is 0 Å². The van der Waals surface area contributed by atoms with E-state index in [0.29, 0.717) is 31.3 Å². The van der Waals surface area contributed by atoms with E-state index in [1.165, 1.54) is 0 Å². The molecule has 1 fully saturated rings. The Morgan fingerprint density at radius 2 is 2.11 bits per heavy atom. The number of aryl methyl sites for hydroxylation is 1. The van der Waals surface area contributed by atoms with Crippen LogP contribution in [0, 0.1) is 6.92 Å². The minimum Gasteiger partial charge on any atom is -0.484 e. The number of ether oxygens (including phenoxy) is 1. The Hall–Kier alpha value is -2.71. The van der Waals surface area contributed by atoms with Crippen LogP contribution in [-0.4, -0.2) is 58.6 Å². The standard InChI is InChI=1S/C20H22N4O3S/c1-15-3-2-4-17(11-15)26-13-19(25)24-8-6-23(7-9-24)12-18-21-20(22-27-18)16-5-10-28-14-16/h2-5,10-11,14H,6-9,12-13H2,1H3. The minimum absolute atomic E-state index is 0.0127. The van der Waals surface area contributed by atoms with Gasteiger partial charge in [0.15, 0.2) is 6.61 Å². The molecule has 1 aliphatic heterocycles. The number of carbonyl (C=O) groups is 1. The molecule has 0 bridgehead atoms. The van der Waals surface area contributed by atoms with Crippen molar-refractivity contribution in [3.63, 3.8) is 0 Å². The average Bonchev–Trinajstić information content (AvgIpc) is 3.38. The summed E-state index contributed by atoms with van der Waals surface area (Å²) < 4.78 is 11.0. The van der Waals surface area contributed by atoms with Crippen molar-refractivity contribution in [3.8, 4) is 17.1 Å². The van der Waals surface area contributed by atoms with Gasteiger partial charge in [0.1, 0.15) is 5.75 Å². The average molecular weight is 398 g/mol. The summed E-state index contributed by atoms with van der Waals surface area (Å²) in [7, 11) is 0. The van der Waals surface area contributed by atoms with Crippen molar-refractivity contribution in [2.45, 2.75) is 13.5 Å². The lowest BCUT2D eigenvalue weighted by Gasteiger charge is -2.33. The summed E-state index contributed by atoms with van der Waals surface area (Å²) in [5.41, 5.74) is 2.09. The van der Waals surface area contributed by atoms with Crippen LogP contribution < -0.4 is 4.74 Å². The molecule has 146 valence electrons. The van der Waals surface area contributed by atoms with Gasteiger partial charge in [-0.25, -0.2) is 0 Å². The molecule has 0 saturated carbocycles. The minimum atomic E-state index is 0.0127. The van der Waals surface area contributed by atoms with E-state index in [0.717, 1.165) is 30.0 Å². The quantitative estimate of drug-likeness (QED) is 0.636. The maximum Gasteiger partial charge on any atom is 0.260 e. The van der Waals surface area contributed by atoms with Gasteiger partial charge in [0.2, 0.25) is 11.7 Å². The number of nitrogens with zero attached hydrogens (tertiary/aromatic N) is 4. The third kappa shape index (κ3) is 4.58. The van der Waals surface area contributed by atoms with Crippen molar-refractivity contribution in [3.05, 3.63) is 52.5 Å². The van der Waals surface area contributed by atoms with Crippen molar-refractivity contribution < 1.29 is 14.1 Å². The molecule has 8 heteroatoms. The van der Waals surface area contributed by atoms with E-state index < -0.39 is 0 Å². The molecule has 0 spiro atoms. The SMILES string of the molecule is Cc1cccc(OCC(=O)N2CCN(Cc3nc(-c4ccsc4)no3)CC2)c1. The number of aromatic nitrogens is 2. The van der Waals surface area contributed by atoms with Gasteiger partial charge in [-0.2, -0.15) is 16.3 Å². The number of thiophene rings is 1. The lowest BCUT2D eigenvalue weighted by molar-refractivity contribution is -0.135. The molecule has 7 nitrogen and oxygen atoms in total. The Bertz CT molecular complexity index is 917. The van der Waals surface area contributed by atoms with Crippen LogP contribution in [0.2, 0.25) is 0 Å². The number of rotatable bonds is 6. The molecular weight excluding hydrogens is 376 g/mol. The van der Waals surface area contributed by atoms with Gasteiger partial charge in [-0.3, -0.25) is 9.69 Å². The molecule has 3 heterocycles. The zero-order valence-electron chi connectivity index (χ0n) is 15.7. The first-order chi connectivity index (χ1) is 13.7. The summed E-state index contributed by atoms with van der Waals surface area (Å²) in [6.45, 7) is 5.54. The zero-order valence-corrected chi connectivity index (χ0v) is 16.5. The summed E-state index contributed by atoms with van der Waals surface area (Å²) in [6, 6.07) is 9.70. The van der Waals surface area contributed by atoms with Gasteiger partial charge >= 0.3 is 0 Å². The highest BCUT2D eigenvalue weighted by molar-refractivity contribution is 7.08. The molecule has 1 amide bonds. The second-order valence-electron chi connectivity index (χ2n) is 6.79. The lowest BCUT2D eigenvalue weighted by Crippen LogP contribution is -2.49. The highest BCUT2D eigenvalue weighted by atomic mass is 32.1. The first-order valence-electron chi connectivity index (χ1n) is 9.22. The Kier molecular flexibility index (Phi) is 5.68. The smallest absolute Gasteiger partial charge is 0.260 e. The summed E-state index contributed by atoms with van der Waals surface area (Å²) in [4.78, 5) is 20.9. The predicted molar refractivity (Wildman–Crippen MR) is 106 cm³/mol. The number of carbonyl (C=O) groups excluding carboxylic acids is 1. The summed E-state index contributed by atoms with van der Waals surface area (Å²) in [6.07, 6.45) is 0. The first-order valence-corrected chi connectivity index (χ1v) is 10.2. The third-order valence-electron chi connectivity index (χ3n) is 4.68. The molecule has 0 aliphatic carbocycles. The van der Waals surface area contributed by atoms with Crippen LogP contribution in [-0.2, 0) is 11.3 Å². The van der Waals surface area contributed by atoms with Gasteiger partial charge in [-0.05, 0) is 36.1 Å². The molecule has 2 aromatic heterocycles. The van der Waals surface area contributed by atoms with E-state index in [9.17, 15) is 4.79 Å². The highest BCUT2D eigenvalue weighted by Crippen LogP contribution is 2.19. The molecule has 28 heavy (non-hydrogen) atoms. The summed E-state index contributed by atoms with van der Waals surface area (Å²) in [5, 5.41) is 8.03. The van der Waals surface area contributed by atoms with E-state index in [1.807, 2.05) is 52.9 Å². The largest absolute Gasteiger partial charge is 0.484 e. The van der Waals surface area contributed by atoms with Crippen molar-refractivity contribution in [2.75, 3.05) is 32.8 Å². The Morgan fingerprint density at radius 3 is 2.86 bits per heavy atom. The molecule has 4 rings (SSSR count). The third-order valence-corrected chi connectivity index (χ3v) is 5.37. The number of benzene rings is 1. The van der Waals surface area contributed by atoms with Crippen LogP contribution in [0.3, 0.4) is 0 Å². The van der Waals surface area contributed by atoms with Gasteiger partial charge in [-0.1, -0.05) is 17.3 Å². The van der Waals surface area contributed by atoms with Gasteiger partial charge in [0.25, 0.3) is 5.91 Å². The Balaban J connectivity index is 1.23. The number of piperazine rings is 1. The molecule has 0 atom stereocenters. The van der Waals surface area contributed by atoms with Gasteiger partial charge < -0.3 is 14.2 Å². The topological polar surface area (TPSA) is 71.7 Å². The monoisotopic (exact) mass is 398 g/mol. The molecule has 1 aliphatic rings. The van der Waals surface area contributed by atoms with E-state index in [2.05, 4.69) is 15.0 Å². The predicted octanol–water partition coefficient (Wildman–Crippen LogP) is 2.83. The van der Waals surface area contributed by atoms with Crippen LogP contribution in [0.15, 0.2) is 45.6 Å². The van der Waals surface area contributed by atoms with E-state index >= 15 is 0 Å². The molecule has 0 radical (unpaired) electrons. The zero-order chi connectivity index (χ0) is 19.3. The number of hydrogen-bond donors (Lipinski definition) is 0. The van der Waals surface area contributed by atoms with Gasteiger partial charge in [0.05, 0.1) is 6.54 Å². The fraction of sp³-hybridized carbons (Fsp3) is 0.350. The van der Waals surface area contributed by atoms with Crippen molar-refractivity contribution in [2.24, 2.45) is 0 Å².